The first-order valence-electron chi connectivity index (χ1n) is 8.02. The molecule has 138 valence electrons. The minimum absolute atomic E-state index is 0.0184. The molecule has 1 aromatic heterocycles. The number of ether oxygens (including phenoxy) is 1. The first kappa shape index (κ1) is 19.4. The number of hydrogen-bond acceptors (Lipinski definition) is 6. The first-order valence-corrected chi connectivity index (χ1v) is 8.43. The van der Waals surface area contributed by atoms with Crippen molar-refractivity contribution in [1.82, 2.24) is 15.0 Å². The highest BCUT2D eigenvalue weighted by Gasteiger charge is 2.13. The maximum absolute atomic E-state index is 12.1. The highest BCUT2D eigenvalue weighted by atomic mass is 32.1. The molecule has 0 bridgehead atoms. The summed E-state index contributed by atoms with van der Waals surface area (Å²) in [7, 11) is 1.52. The predicted octanol–water partition coefficient (Wildman–Crippen LogP) is 2.25. The molecular weight excluding hydrogens is 356 g/mol. The van der Waals surface area contributed by atoms with Crippen LogP contribution in [0.4, 0.5) is 0 Å². The summed E-state index contributed by atoms with van der Waals surface area (Å²) in [5.74, 6) is -0.0912. The van der Waals surface area contributed by atoms with E-state index in [1.54, 1.807) is 24.3 Å². The van der Waals surface area contributed by atoms with Gasteiger partial charge in [0.2, 0.25) is 11.8 Å². The lowest BCUT2D eigenvalue weighted by molar-refractivity contribution is -0.121. The standard InChI is InChI=1S/C17H20N4O4S/c1-3-4-8-14(22)20-18-10-13-15(23)19-17(26)21(16(13)24)11-6-5-7-12(9-11)25-2/h5-7,9-10,24H,3-4,8H2,1-2H3,(H,20,22)(H,19,23,26)/b18-10+. The van der Waals surface area contributed by atoms with Crippen LogP contribution in [0.1, 0.15) is 31.7 Å². The molecule has 3 N–H and O–H groups in total. The van der Waals surface area contributed by atoms with Crippen LogP contribution in [0, 0.1) is 4.77 Å². The Labute approximate surface area is 155 Å². The van der Waals surface area contributed by atoms with E-state index in [9.17, 15) is 14.7 Å². The van der Waals surface area contributed by atoms with Crippen molar-refractivity contribution in [2.75, 3.05) is 7.11 Å². The minimum atomic E-state index is -0.613. The largest absolute Gasteiger partial charge is 0.497 e. The highest BCUT2D eigenvalue weighted by molar-refractivity contribution is 7.71. The van der Waals surface area contributed by atoms with Gasteiger partial charge in [-0.2, -0.15) is 5.10 Å². The number of aromatic amines is 1. The Morgan fingerprint density at radius 3 is 2.96 bits per heavy atom. The molecule has 2 rings (SSSR count). The van der Waals surface area contributed by atoms with Crippen molar-refractivity contribution in [2.24, 2.45) is 5.10 Å². The molecule has 0 spiro atoms. The lowest BCUT2D eigenvalue weighted by Gasteiger charge is -2.12. The number of aromatic hydroxyl groups is 1. The lowest BCUT2D eigenvalue weighted by atomic mass is 10.2. The fourth-order valence-electron chi connectivity index (χ4n) is 2.21. The number of carbonyl (C=O) groups is 1. The number of carbonyl (C=O) groups excluding carboxylic acids is 1. The van der Waals surface area contributed by atoms with Crippen molar-refractivity contribution >= 4 is 24.3 Å². The Morgan fingerprint density at radius 1 is 1.50 bits per heavy atom. The molecule has 8 nitrogen and oxygen atoms in total. The second kappa shape index (κ2) is 8.95. The van der Waals surface area contributed by atoms with Gasteiger partial charge in [-0.15, -0.1) is 0 Å². The van der Waals surface area contributed by atoms with Crippen molar-refractivity contribution in [1.29, 1.82) is 0 Å². The number of nitrogens with zero attached hydrogens (tertiary/aromatic N) is 2. The molecule has 0 atom stereocenters. The van der Waals surface area contributed by atoms with E-state index in [1.807, 2.05) is 6.92 Å². The van der Waals surface area contributed by atoms with Crippen molar-refractivity contribution in [3.8, 4) is 17.3 Å². The number of amides is 1. The predicted molar refractivity (Wildman–Crippen MR) is 101 cm³/mol. The van der Waals surface area contributed by atoms with Gasteiger partial charge in [0.1, 0.15) is 11.3 Å². The molecule has 1 heterocycles. The van der Waals surface area contributed by atoms with Gasteiger partial charge in [-0.1, -0.05) is 19.4 Å². The second-order valence-corrected chi connectivity index (χ2v) is 5.82. The zero-order chi connectivity index (χ0) is 19.1. The van der Waals surface area contributed by atoms with Crippen LogP contribution in [0.15, 0.2) is 34.2 Å². The number of hydrogen-bond donors (Lipinski definition) is 3. The van der Waals surface area contributed by atoms with E-state index in [1.165, 1.54) is 11.7 Å². The summed E-state index contributed by atoms with van der Waals surface area (Å²) in [6.07, 6.45) is 3.06. The zero-order valence-electron chi connectivity index (χ0n) is 14.5. The monoisotopic (exact) mass is 376 g/mol. The van der Waals surface area contributed by atoms with Crippen LogP contribution in [0.3, 0.4) is 0 Å². The maximum atomic E-state index is 12.1. The third-order valence-electron chi connectivity index (χ3n) is 3.57. The van der Waals surface area contributed by atoms with Crippen LogP contribution in [-0.2, 0) is 4.79 Å². The average Bonchev–Trinajstić information content (AvgIpc) is 2.62. The van der Waals surface area contributed by atoms with Gasteiger partial charge in [-0.25, -0.2) is 5.43 Å². The molecule has 0 aliphatic heterocycles. The van der Waals surface area contributed by atoms with Gasteiger partial charge in [0.15, 0.2) is 4.77 Å². The van der Waals surface area contributed by atoms with E-state index in [4.69, 9.17) is 17.0 Å². The van der Waals surface area contributed by atoms with E-state index in [2.05, 4.69) is 15.5 Å². The highest BCUT2D eigenvalue weighted by Crippen LogP contribution is 2.22. The summed E-state index contributed by atoms with van der Waals surface area (Å²) in [5, 5.41) is 14.2. The summed E-state index contributed by atoms with van der Waals surface area (Å²) < 4.78 is 6.45. The van der Waals surface area contributed by atoms with Crippen molar-refractivity contribution in [3.05, 3.63) is 45.0 Å². The quantitative estimate of drug-likeness (QED) is 0.390. The second-order valence-electron chi connectivity index (χ2n) is 5.43. The zero-order valence-corrected chi connectivity index (χ0v) is 15.3. The van der Waals surface area contributed by atoms with Gasteiger partial charge < -0.3 is 9.84 Å². The van der Waals surface area contributed by atoms with E-state index < -0.39 is 11.4 Å². The van der Waals surface area contributed by atoms with Crippen molar-refractivity contribution in [3.63, 3.8) is 0 Å². The van der Waals surface area contributed by atoms with Crippen LogP contribution in [0.2, 0.25) is 0 Å². The fraction of sp³-hybridized carbons (Fsp3) is 0.294. The fourth-order valence-corrected chi connectivity index (χ4v) is 2.49. The van der Waals surface area contributed by atoms with Crippen LogP contribution >= 0.6 is 12.2 Å². The molecule has 2 aromatic rings. The molecule has 0 aliphatic carbocycles. The summed E-state index contributed by atoms with van der Waals surface area (Å²) in [4.78, 5) is 26.1. The first-order chi connectivity index (χ1) is 12.5. The molecule has 0 radical (unpaired) electrons. The van der Waals surface area contributed by atoms with Gasteiger partial charge in [-0.05, 0) is 30.8 Å². The van der Waals surface area contributed by atoms with Gasteiger partial charge in [0, 0.05) is 12.5 Å². The summed E-state index contributed by atoms with van der Waals surface area (Å²) in [6.45, 7) is 1.97. The van der Waals surface area contributed by atoms with E-state index in [0.717, 1.165) is 19.1 Å². The Morgan fingerprint density at radius 2 is 2.27 bits per heavy atom. The Balaban J connectivity index is 2.38. The molecule has 0 aliphatic rings. The topological polar surface area (TPSA) is 109 Å². The molecule has 9 heteroatoms. The number of nitrogens with one attached hydrogen (secondary N) is 2. The number of H-pyrrole nitrogens is 1. The average molecular weight is 376 g/mol. The lowest BCUT2D eigenvalue weighted by Crippen LogP contribution is -2.21. The van der Waals surface area contributed by atoms with Crippen molar-refractivity contribution in [2.45, 2.75) is 26.2 Å². The third kappa shape index (κ3) is 4.57. The van der Waals surface area contributed by atoms with Gasteiger partial charge in [0.25, 0.3) is 5.56 Å². The molecule has 1 aromatic carbocycles. The van der Waals surface area contributed by atoms with E-state index in [-0.39, 0.29) is 16.2 Å². The molecule has 0 saturated carbocycles. The van der Waals surface area contributed by atoms with Gasteiger partial charge in [-0.3, -0.25) is 19.1 Å². The molecule has 0 fully saturated rings. The molecule has 0 unspecified atom stereocenters. The molecule has 1 amide bonds. The minimum Gasteiger partial charge on any atom is -0.497 e. The van der Waals surface area contributed by atoms with Crippen LogP contribution in [0.25, 0.3) is 5.69 Å². The Bertz CT molecular complexity index is 933. The molecule has 26 heavy (non-hydrogen) atoms. The number of benzene rings is 1. The summed E-state index contributed by atoms with van der Waals surface area (Å²) >= 11 is 5.14. The Hall–Kier alpha value is -2.94. The number of aromatic nitrogens is 2. The third-order valence-corrected chi connectivity index (χ3v) is 3.86. The van der Waals surface area contributed by atoms with Gasteiger partial charge >= 0.3 is 0 Å². The normalized spacial score (nSPS) is 10.8. The Kier molecular flexibility index (Phi) is 6.67. The number of hydrazone groups is 1. The maximum Gasteiger partial charge on any atom is 0.264 e. The summed E-state index contributed by atoms with van der Waals surface area (Å²) in [5.41, 5.74) is 2.09. The SMILES string of the molecule is CCCCC(=O)N/N=C/c1c(O)n(-c2cccc(OC)c2)c(=S)[nH]c1=O. The molecular formula is C17H20N4O4S. The van der Waals surface area contributed by atoms with E-state index >= 15 is 0 Å². The van der Waals surface area contributed by atoms with Crippen LogP contribution in [-0.4, -0.2) is 33.9 Å². The summed E-state index contributed by atoms with van der Waals surface area (Å²) in [6, 6.07) is 6.82. The van der Waals surface area contributed by atoms with Gasteiger partial charge in [0.05, 0.1) is 19.0 Å². The van der Waals surface area contributed by atoms with Crippen LogP contribution < -0.4 is 15.7 Å². The number of unbranched alkanes of at least 4 members (excludes halogenated alkanes) is 1. The van der Waals surface area contributed by atoms with E-state index in [0.29, 0.717) is 17.9 Å². The number of methoxy groups -OCH3 is 1. The van der Waals surface area contributed by atoms with Crippen molar-refractivity contribution < 1.29 is 14.6 Å². The number of rotatable bonds is 7. The molecule has 0 saturated heterocycles. The smallest absolute Gasteiger partial charge is 0.264 e. The van der Waals surface area contributed by atoms with Crippen LogP contribution in [0.5, 0.6) is 11.6 Å².